The van der Waals surface area contributed by atoms with Gasteiger partial charge >= 0.3 is 11.9 Å². The molecule has 5 aliphatic heterocycles. The fourth-order valence-electron chi connectivity index (χ4n) is 5.72. The van der Waals surface area contributed by atoms with Gasteiger partial charge in [-0.05, 0) is 61.4 Å². The van der Waals surface area contributed by atoms with Crippen molar-refractivity contribution in [3.8, 4) is 11.5 Å². The van der Waals surface area contributed by atoms with Gasteiger partial charge in [0.2, 0.25) is 0 Å². The maximum Gasteiger partial charge on any atom is 0.305 e. The zero-order valence-corrected chi connectivity index (χ0v) is 29.0. The van der Waals surface area contributed by atoms with Gasteiger partial charge in [-0.15, -0.1) is 5.54 Å². The van der Waals surface area contributed by atoms with Crippen molar-refractivity contribution >= 4 is 48.3 Å². The third-order valence-corrected chi connectivity index (χ3v) is 9.06. The molecule has 0 aromatic carbocycles. The summed E-state index contributed by atoms with van der Waals surface area (Å²) in [5.74, 6) is 3.68. The summed E-state index contributed by atoms with van der Waals surface area (Å²) in [7, 11) is 2.99. The first-order valence-electron chi connectivity index (χ1n) is 15.8. The van der Waals surface area contributed by atoms with Crippen LogP contribution in [0.1, 0.15) is 37.1 Å². The highest BCUT2D eigenvalue weighted by Crippen LogP contribution is 2.35. The van der Waals surface area contributed by atoms with Gasteiger partial charge in [0.15, 0.2) is 0 Å². The molecule has 6 heterocycles. The number of H-pyrrole nitrogens is 1. The first-order valence-corrected chi connectivity index (χ1v) is 19.3. The summed E-state index contributed by atoms with van der Waals surface area (Å²) in [5.41, 5.74) is 12.8. The Morgan fingerprint density at radius 2 is 1.38 bits per heavy atom. The van der Waals surface area contributed by atoms with E-state index >= 15 is 0 Å². The average Bonchev–Trinajstić information content (AvgIpc) is 3.90. The quantitative estimate of drug-likeness (QED) is 0.229. The van der Waals surface area contributed by atoms with Crippen LogP contribution in [0.3, 0.4) is 0 Å². The number of methoxy groups -OCH3 is 2. The Kier molecular flexibility index (Phi) is 9.02. The van der Waals surface area contributed by atoms with Gasteiger partial charge in [-0.2, -0.15) is 0 Å². The monoisotopic (exact) mass is 658 g/mol. The van der Waals surface area contributed by atoms with Crippen molar-refractivity contribution < 1.29 is 19.1 Å². The second kappa shape index (κ2) is 13.3. The van der Waals surface area contributed by atoms with Crippen LogP contribution in [0.2, 0.25) is 19.6 Å². The Balaban J connectivity index is 1.62. The lowest BCUT2D eigenvalue weighted by Crippen LogP contribution is -2.19. The summed E-state index contributed by atoms with van der Waals surface area (Å²) in [6.45, 7) is 6.59. The van der Waals surface area contributed by atoms with Gasteiger partial charge in [0.25, 0.3) is 0 Å². The van der Waals surface area contributed by atoms with Crippen molar-refractivity contribution in [1.82, 2.24) is 15.2 Å². The van der Waals surface area contributed by atoms with E-state index in [1.807, 2.05) is 72.9 Å². The van der Waals surface area contributed by atoms with Crippen LogP contribution in [0.4, 0.5) is 0 Å². The molecule has 2 N–H and O–H groups in total. The van der Waals surface area contributed by atoms with Gasteiger partial charge in [-0.3, -0.25) is 9.59 Å². The Bertz CT molecular complexity index is 2010. The molecule has 0 radical (unpaired) electrons. The minimum absolute atomic E-state index is 0.183. The van der Waals surface area contributed by atoms with Gasteiger partial charge < -0.3 is 24.7 Å². The number of esters is 2. The maximum absolute atomic E-state index is 12.3. The molecule has 1 aromatic heterocycles. The van der Waals surface area contributed by atoms with Gasteiger partial charge in [0.05, 0.1) is 65.3 Å². The highest BCUT2D eigenvalue weighted by molar-refractivity contribution is 6.84. The van der Waals surface area contributed by atoms with Crippen molar-refractivity contribution in [3.63, 3.8) is 0 Å². The molecule has 6 rings (SSSR count). The predicted octanol–water partition coefficient (Wildman–Crippen LogP) is 5.74. The lowest BCUT2D eigenvalue weighted by Gasteiger charge is -2.17. The molecular formula is C37H38N6O4Si. The number of hydrogen-bond donors (Lipinski definition) is 2. The minimum Gasteiger partial charge on any atom is -0.469 e. The van der Waals surface area contributed by atoms with Crippen molar-refractivity contribution in [2.75, 3.05) is 21.3 Å². The zero-order valence-electron chi connectivity index (χ0n) is 28.0. The van der Waals surface area contributed by atoms with E-state index < -0.39 is 8.07 Å². The van der Waals surface area contributed by atoms with Crippen LogP contribution in [0.5, 0.6) is 0 Å². The number of aromatic nitrogens is 1. The van der Waals surface area contributed by atoms with Gasteiger partial charge in [-0.25, -0.2) is 15.0 Å². The van der Waals surface area contributed by atoms with E-state index in [1.54, 1.807) is 0 Å². The Morgan fingerprint density at radius 1 is 0.792 bits per heavy atom. The number of carbonyl (C=O) groups excluding carboxylic acids is 2. The number of hydrogen-bond acceptors (Lipinski definition) is 9. The molecule has 10 nitrogen and oxygen atoms in total. The average molecular weight is 659 g/mol. The van der Waals surface area contributed by atoms with E-state index in [1.165, 1.54) is 14.2 Å². The van der Waals surface area contributed by atoms with E-state index in [2.05, 4.69) is 41.4 Å². The summed E-state index contributed by atoms with van der Waals surface area (Å²) in [6, 6.07) is 4.03. The molecule has 0 spiro atoms. The number of ether oxygens (including phenoxy) is 2. The van der Waals surface area contributed by atoms with Crippen LogP contribution >= 0.6 is 0 Å². The molecule has 244 valence electrons. The summed E-state index contributed by atoms with van der Waals surface area (Å²) in [5, 5.41) is 3.36. The Morgan fingerprint density at radius 3 is 2.04 bits per heavy atom. The molecule has 1 aromatic rings. The van der Waals surface area contributed by atoms with E-state index in [4.69, 9.17) is 24.5 Å². The van der Waals surface area contributed by atoms with E-state index in [9.17, 15) is 9.59 Å². The van der Waals surface area contributed by atoms with Crippen LogP contribution < -0.4 is 5.32 Å². The van der Waals surface area contributed by atoms with Crippen LogP contribution in [-0.2, 0) is 19.1 Å². The van der Waals surface area contributed by atoms with Crippen LogP contribution in [-0.4, -0.2) is 68.3 Å². The largest absolute Gasteiger partial charge is 0.469 e. The third-order valence-electron chi connectivity index (χ3n) is 8.18. The van der Waals surface area contributed by atoms with Gasteiger partial charge in [0, 0.05) is 49.1 Å². The number of carbonyl (C=O) groups is 2. The molecule has 0 atom stereocenters. The van der Waals surface area contributed by atoms with Crippen molar-refractivity contribution in [2.45, 2.75) is 45.3 Å². The predicted molar refractivity (Wildman–Crippen MR) is 192 cm³/mol. The summed E-state index contributed by atoms with van der Waals surface area (Å²) < 4.78 is 9.97. The van der Waals surface area contributed by atoms with E-state index in [-0.39, 0.29) is 24.8 Å². The number of nitrogens with one attached hydrogen (secondary N) is 2. The molecule has 11 heteroatoms. The van der Waals surface area contributed by atoms with E-state index in [0.717, 1.165) is 56.6 Å². The molecule has 48 heavy (non-hydrogen) atoms. The smallest absolute Gasteiger partial charge is 0.305 e. The lowest BCUT2D eigenvalue weighted by atomic mass is 10.0. The highest BCUT2D eigenvalue weighted by atomic mass is 28.3. The molecule has 0 fully saturated rings. The molecule has 8 bridgehead atoms. The van der Waals surface area contributed by atoms with E-state index in [0.29, 0.717) is 30.0 Å². The molecule has 0 aliphatic carbocycles. The summed E-state index contributed by atoms with van der Waals surface area (Å²) >= 11 is 0. The minimum atomic E-state index is -1.77. The number of nitrogens with zero attached hydrogens (tertiary/aromatic N) is 4. The second-order valence-electron chi connectivity index (χ2n) is 12.7. The molecular weight excluding hydrogens is 621 g/mol. The highest BCUT2D eigenvalue weighted by Gasteiger charge is 2.27. The van der Waals surface area contributed by atoms with Crippen LogP contribution in [0.15, 0.2) is 110 Å². The normalized spacial score (nSPS) is 19.5. The SMILES string of the molecule is COC(=O)CCC1=C2C=CC(=N2)/C(=C2/NC=CN2C)c2ccc([nH]2)C(CCC(=O)OC)=C2C=CC(=N2)C(C#C[Si](C)(C)C)=C2C=CC1=N2. The molecule has 0 unspecified atom stereocenters. The zero-order chi connectivity index (χ0) is 34.0. The maximum atomic E-state index is 12.3. The standard InChI is InChI=1S/C37H38N6O4Si/c1-43-21-20-38-37(43)36-32-15-13-28(41-32)23(7-17-34(44)46-2)26-9-11-30(39-26)25(19-22-48(4,5)6)31-12-10-27(40-31)24(8-18-35(45)47-3)29-14-16-33(36)42-29/h9-16,20-21,38,41H,7-8,17-18H2,1-6H3/b26-23?,29-24?,31-25?,37-36-. The Hall–Kier alpha value is -5.47. The number of rotatable bonds is 6. The third kappa shape index (κ3) is 6.80. The number of aromatic amines is 1. The van der Waals surface area contributed by atoms with Crippen LogP contribution in [0, 0.1) is 11.5 Å². The molecule has 0 saturated heterocycles. The second-order valence-corrected chi connectivity index (χ2v) is 17.5. The van der Waals surface area contributed by atoms with Crippen molar-refractivity contribution in [2.24, 2.45) is 15.0 Å². The van der Waals surface area contributed by atoms with Gasteiger partial charge in [0.1, 0.15) is 13.9 Å². The molecule has 0 saturated carbocycles. The topological polar surface area (TPSA) is 121 Å². The summed E-state index contributed by atoms with van der Waals surface area (Å²) in [6.07, 6.45) is 16.8. The molecule has 0 amide bonds. The van der Waals surface area contributed by atoms with Gasteiger partial charge in [-0.1, -0.05) is 25.6 Å². The number of aliphatic imine (C=N–C) groups is 3. The summed E-state index contributed by atoms with van der Waals surface area (Å²) in [4.78, 5) is 45.5. The Labute approximate surface area is 281 Å². The lowest BCUT2D eigenvalue weighted by molar-refractivity contribution is -0.141. The van der Waals surface area contributed by atoms with Crippen molar-refractivity contribution in [3.05, 3.63) is 106 Å². The van der Waals surface area contributed by atoms with Crippen LogP contribution in [0.25, 0.3) is 11.1 Å². The first kappa shape index (κ1) is 32.5. The first-order chi connectivity index (χ1) is 23.0. The number of fused-ring (bicyclic) bond motifs is 5. The van der Waals surface area contributed by atoms with Crippen molar-refractivity contribution in [1.29, 1.82) is 0 Å². The molecule has 5 aliphatic rings. The number of allylic oxidation sites excluding steroid dienone is 10. The fraction of sp³-hybridized carbons (Fsp3) is 0.270. The fourth-order valence-corrected chi connectivity index (χ4v) is 6.22.